The van der Waals surface area contributed by atoms with Crippen LogP contribution in [0.1, 0.15) is 17.5 Å². The van der Waals surface area contributed by atoms with Crippen LogP contribution in [0.4, 0.5) is 11.6 Å². The van der Waals surface area contributed by atoms with Crippen LogP contribution in [0.25, 0.3) is 0 Å². The van der Waals surface area contributed by atoms with Crippen molar-refractivity contribution >= 4 is 23.4 Å². The maximum Gasteiger partial charge on any atom is 0.320 e. The van der Waals surface area contributed by atoms with Crippen molar-refractivity contribution in [3.8, 4) is 0 Å². The fourth-order valence-electron chi connectivity index (χ4n) is 2.35. The molecule has 0 aliphatic heterocycles. The quantitative estimate of drug-likeness (QED) is 0.386. The van der Waals surface area contributed by atoms with Crippen molar-refractivity contribution in [3.63, 3.8) is 0 Å². The highest BCUT2D eigenvalue weighted by atomic mass is 32.2. The third kappa shape index (κ3) is 2.81. The van der Waals surface area contributed by atoms with E-state index in [1.165, 1.54) is 29.3 Å². The minimum atomic E-state index is -0.490. The molecule has 1 aliphatic carbocycles. The van der Waals surface area contributed by atoms with Gasteiger partial charge >= 0.3 is 5.69 Å². The van der Waals surface area contributed by atoms with Gasteiger partial charge in [-0.2, -0.15) is 4.98 Å². The molecule has 1 aromatic heterocycles. The van der Waals surface area contributed by atoms with Gasteiger partial charge in [-0.05, 0) is 42.5 Å². The summed E-state index contributed by atoms with van der Waals surface area (Å²) < 4.78 is 0. The molecule has 0 unspecified atom stereocenters. The van der Waals surface area contributed by atoms with Crippen LogP contribution in [0.3, 0.4) is 0 Å². The SMILES string of the molecule is NNc1ncc([N+](=O)[O-])c(Sc2ccc3c(c2)CCC3)n1. The van der Waals surface area contributed by atoms with Gasteiger partial charge in [-0.15, -0.1) is 0 Å². The third-order valence-corrected chi connectivity index (χ3v) is 4.33. The lowest BCUT2D eigenvalue weighted by Crippen LogP contribution is -2.11. The van der Waals surface area contributed by atoms with E-state index in [4.69, 9.17) is 5.84 Å². The Kier molecular flexibility index (Phi) is 3.72. The predicted octanol–water partition coefficient (Wildman–Crippen LogP) is 2.31. The number of nitrogens with two attached hydrogens (primary N) is 1. The minimum Gasteiger partial charge on any atom is -0.292 e. The van der Waals surface area contributed by atoms with Crippen molar-refractivity contribution in [1.82, 2.24) is 9.97 Å². The number of benzene rings is 1. The number of nitro groups is 1. The van der Waals surface area contributed by atoms with Crippen LogP contribution in [0, 0.1) is 10.1 Å². The molecule has 2 aromatic rings. The second-order valence-electron chi connectivity index (χ2n) is 4.67. The first-order chi connectivity index (χ1) is 10.2. The van der Waals surface area contributed by atoms with Crippen molar-refractivity contribution in [2.75, 3.05) is 5.43 Å². The number of fused-ring (bicyclic) bond motifs is 1. The van der Waals surface area contributed by atoms with E-state index in [2.05, 4.69) is 27.5 Å². The van der Waals surface area contributed by atoms with Gasteiger partial charge in [0, 0.05) is 4.90 Å². The van der Waals surface area contributed by atoms with Gasteiger partial charge in [0.25, 0.3) is 0 Å². The Morgan fingerprint density at radius 2 is 2.14 bits per heavy atom. The maximum absolute atomic E-state index is 11.1. The molecule has 0 saturated heterocycles. The van der Waals surface area contributed by atoms with Crippen molar-refractivity contribution in [1.29, 1.82) is 0 Å². The Morgan fingerprint density at radius 3 is 2.90 bits per heavy atom. The van der Waals surface area contributed by atoms with Gasteiger partial charge in [-0.1, -0.05) is 17.8 Å². The summed E-state index contributed by atoms with van der Waals surface area (Å²) in [6.07, 6.45) is 4.50. The number of hydrogen-bond acceptors (Lipinski definition) is 7. The fourth-order valence-corrected chi connectivity index (χ4v) is 3.28. The van der Waals surface area contributed by atoms with Gasteiger partial charge < -0.3 is 0 Å². The highest BCUT2D eigenvalue weighted by molar-refractivity contribution is 7.99. The molecule has 0 fully saturated rings. The van der Waals surface area contributed by atoms with Crippen LogP contribution in [0.15, 0.2) is 34.3 Å². The molecule has 0 bridgehead atoms. The summed E-state index contributed by atoms with van der Waals surface area (Å²) >= 11 is 1.25. The topological polar surface area (TPSA) is 107 Å². The zero-order chi connectivity index (χ0) is 14.8. The largest absolute Gasteiger partial charge is 0.320 e. The van der Waals surface area contributed by atoms with Crippen LogP contribution in [-0.2, 0) is 12.8 Å². The van der Waals surface area contributed by atoms with E-state index in [9.17, 15) is 10.1 Å². The van der Waals surface area contributed by atoms with Crippen LogP contribution in [0.5, 0.6) is 0 Å². The fraction of sp³-hybridized carbons (Fsp3) is 0.231. The molecular weight excluding hydrogens is 290 g/mol. The summed E-state index contributed by atoms with van der Waals surface area (Å²) in [6, 6.07) is 6.13. The Hall–Kier alpha value is -2.19. The first-order valence-corrected chi connectivity index (χ1v) is 7.27. The Labute approximate surface area is 125 Å². The predicted molar refractivity (Wildman–Crippen MR) is 79.1 cm³/mol. The zero-order valence-electron chi connectivity index (χ0n) is 11.1. The summed E-state index contributed by atoms with van der Waals surface area (Å²) in [5.74, 6) is 5.41. The molecule has 7 nitrogen and oxygen atoms in total. The summed E-state index contributed by atoms with van der Waals surface area (Å²) in [5, 5.41) is 11.3. The molecule has 0 spiro atoms. The molecule has 0 amide bonds. The van der Waals surface area contributed by atoms with Crippen LogP contribution in [0.2, 0.25) is 0 Å². The summed E-state index contributed by atoms with van der Waals surface area (Å²) in [6.45, 7) is 0. The monoisotopic (exact) mass is 303 g/mol. The van der Waals surface area contributed by atoms with E-state index in [0.717, 1.165) is 23.9 Å². The van der Waals surface area contributed by atoms with Crippen LogP contribution in [-0.4, -0.2) is 14.9 Å². The first kappa shape index (κ1) is 13.8. The molecule has 0 saturated carbocycles. The lowest BCUT2D eigenvalue weighted by molar-refractivity contribution is -0.388. The van der Waals surface area contributed by atoms with Crippen LogP contribution < -0.4 is 11.3 Å². The van der Waals surface area contributed by atoms with Gasteiger partial charge in [-0.3, -0.25) is 15.5 Å². The van der Waals surface area contributed by atoms with E-state index >= 15 is 0 Å². The van der Waals surface area contributed by atoms with E-state index in [1.807, 2.05) is 6.07 Å². The highest BCUT2D eigenvalue weighted by Crippen LogP contribution is 2.35. The number of aryl methyl sites for hydroxylation is 2. The highest BCUT2D eigenvalue weighted by Gasteiger charge is 2.19. The maximum atomic E-state index is 11.1. The zero-order valence-corrected chi connectivity index (χ0v) is 11.9. The van der Waals surface area contributed by atoms with Crippen molar-refractivity contribution in [2.24, 2.45) is 5.84 Å². The number of nitrogen functional groups attached to an aromatic ring is 1. The molecule has 21 heavy (non-hydrogen) atoms. The van der Waals surface area contributed by atoms with Crippen molar-refractivity contribution in [2.45, 2.75) is 29.2 Å². The van der Waals surface area contributed by atoms with Crippen LogP contribution >= 0.6 is 11.8 Å². The molecule has 3 rings (SSSR count). The van der Waals surface area contributed by atoms with E-state index in [-0.39, 0.29) is 16.7 Å². The van der Waals surface area contributed by atoms with Gasteiger partial charge in [0.15, 0.2) is 5.03 Å². The van der Waals surface area contributed by atoms with Gasteiger partial charge in [0.1, 0.15) is 6.20 Å². The van der Waals surface area contributed by atoms with Gasteiger partial charge in [0.2, 0.25) is 5.95 Å². The van der Waals surface area contributed by atoms with Gasteiger partial charge in [0.05, 0.1) is 4.92 Å². The number of anilines is 1. The Morgan fingerprint density at radius 1 is 1.33 bits per heavy atom. The molecule has 108 valence electrons. The molecule has 3 N–H and O–H groups in total. The summed E-state index contributed by atoms with van der Waals surface area (Å²) in [4.78, 5) is 19.4. The molecular formula is C13H13N5O2S. The number of rotatable bonds is 4. The van der Waals surface area contributed by atoms with Crippen molar-refractivity contribution < 1.29 is 4.92 Å². The number of aromatic nitrogens is 2. The minimum absolute atomic E-state index is 0.125. The summed E-state index contributed by atoms with van der Waals surface area (Å²) in [7, 11) is 0. The number of nitrogens with zero attached hydrogens (tertiary/aromatic N) is 3. The molecule has 8 heteroatoms. The normalized spacial score (nSPS) is 13.0. The average molecular weight is 303 g/mol. The van der Waals surface area contributed by atoms with E-state index < -0.39 is 4.92 Å². The molecule has 1 heterocycles. The molecule has 0 atom stereocenters. The average Bonchev–Trinajstić information content (AvgIpc) is 2.94. The second kappa shape index (κ2) is 5.66. The first-order valence-electron chi connectivity index (χ1n) is 6.45. The summed E-state index contributed by atoms with van der Waals surface area (Å²) in [5.41, 5.74) is 4.85. The molecule has 1 aliphatic rings. The Bertz CT molecular complexity index is 707. The van der Waals surface area contributed by atoms with Crippen molar-refractivity contribution in [3.05, 3.63) is 45.6 Å². The molecule has 1 aromatic carbocycles. The number of hydrazine groups is 1. The third-order valence-electron chi connectivity index (χ3n) is 3.35. The molecule has 0 radical (unpaired) electrons. The lowest BCUT2D eigenvalue weighted by atomic mass is 10.1. The lowest BCUT2D eigenvalue weighted by Gasteiger charge is -2.06. The standard InChI is InChI=1S/C13H13N5O2S/c14-17-13-15-7-11(18(19)20)12(16-13)21-10-5-4-8-2-1-3-9(8)6-10/h4-7H,1-3,14H2,(H,15,16,17). The second-order valence-corrected chi connectivity index (χ2v) is 5.73. The number of hydrogen-bond donors (Lipinski definition) is 2. The smallest absolute Gasteiger partial charge is 0.292 e. The van der Waals surface area contributed by atoms with E-state index in [0.29, 0.717) is 0 Å². The number of nitrogens with one attached hydrogen (secondary N) is 1. The van der Waals surface area contributed by atoms with Gasteiger partial charge in [-0.25, -0.2) is 10.8 Å². The Balaban J connectivity index is 1.95. The van der Waals surface area contributed by atoms with E-state index in [1.54, 1.807) is 0 Å².